The van der Waals surface area contributed by atoms with Crippen LogP contribution in [-0.4, -0.2) is 14.5 Å². The van der Waals surface area contributed by atoms with Gasteiger partial charge in [-0.25, -0.2) is 17.5 Å². The van der Waals surface area contributed by atoms with E-state index in [1.807, 2.05) is 6.92 Å². The second kappa shape index (κ2) is 6.68. The summed E-state index contributed by atoms with van der Waals surface area (Å²) in [7, 11) is -3.60. The minimum atomic E-state index is -3.60. The lowest BCUT2D eigenvalue weighted by Gasteiger charge is -2.17. The summed E-state index contributed by atoms with van der Waals surface area (Å²) in [5, 5.41) is 0. The molecule has 0 fully saturated rings. The zero-order valence-corrected chi connectivity index (χ0v) is 13.6. The maximum atomic E-state index is 13.3. The monoisotopic (exact) mass is 301 g/mol. The van der Waals surface area contributed by atoms with Crippen molar-refractivity contribution in [1.82, 2.24) is 4.72 Å². The van der Waals surface area contributed by atoms with Gasteiger partial charge in [-0.15, -0.1) is 0 Å². The van der Waals surface area contributed by atoms with Crippen LogP contribution in [0.1, 0.15) is 44.7 Å². The van der Waals surface area contributed by atoms with E-state index >= 15 is 0 Å². The van der Waals surface area contributed by atoms with E-state index in [1.54, 1.807) is 13.8 Å². The van der Waals surface area contributed by atoms with E-state index in [0.29, 0.717) is 17.0 Å². The molecule has 0 heterocycles. The molecule has 1 N–H and O–H groups in total. The minimum absolute atomic E-state index is 0.133. The topological polar surface area (TPSA) is 46.2 Å². The standard InChI is InChI=1S/C15H24FNO2S/c1-10(2)6-7-13(5)17-20(18,19)15-11(3)8-14(16)9-12(15)4/h8-10,13,17H,6-7H2,1-5H3. The first-order valence-electron chi connectivity index (χ1n) is 6.92. The van der Waals surface area contributed by atoms with Gasteiger partial charge >= 0.3 is 0 Å². The van der Waals surface area contributed by atoms with Crippen LogP contribution in [-0.2, 0) is 10.0 Å². The SMILES string of the molecule is Cc1cc(F)cc(C)c1S(=O)(=O)NC(C)CCC(C)C. The first-order valence-corrected chi connectivity index (χ1v) is 8.41. The van der Waals surface area contributed by atoms with Crippen molar-refractivity contribution in [2.45, 2.75) is 58.4 Å². The summed E-state index contributed by atoms with van der Waals surface area (Å²) < 4.78 is 40.7. The summed E-state index contributed by atoms with van der Waals surface area (Å²) in [5.41, 5.74) is 0.872. The molecule has 1 rings (SSSR count). The van der Waals surface area contributed by atoms with E-state index in [2.05, 4.69) is 18.6 Å². The summed E-state index contributed by atoms with van der Waals surface area (Å²) in [4.78, 5) is 0.190. The molecule has 0 aliphatic rings. The molecule has 0 saturated carbocycles. The van der Waals surface area contributed by atoms with Crippen molar-refractivity contribution in [3.05, 3.63) is 29.1 Å². The lowest BCUT2D eigenvalue weighted by Crippen LogP contribution is -2.33. The van der Waals surface area contributed by atoms with Crippen LogP contribution >= 0.6 is 0 Å². The molecule has 0 radical (unpaired) electrons. The highest BCUT2D eigenvalue weighted by Gasteiger charge is 2.22. The van der Waals surface area contributed by atoms with Gasteiger partial charge in [0.05, 0.1) is 4.90 Å². The molecule has 0 bridgehead atoms. The number of sulfonamides is 1. The number of benzene rings is 1. The molecule has 20 heavy (non-hydrogen) atoms. The van der Waals surface area contributed by atoms with Crippen LogP contribution in [0.2, 0.25) is 0 Å². The van der Waals surface area contributed by atoms with E-state index in [0.717, 1.165) is 12.8 Å². The number of hydrogen-bond donors (Lipinski definition) is 1. The van der Waals surface area contributed by atoms with E-state index in [1.165, 1.54) is 12.1 Å². The number of aryl methyl sites for hydroxylation is 2. The van der Waals surface area contributed by atoms with Gasteiger partial charge in [-0.2, -0.15) is 0 Å². The molecule has 1 unspecified atom stereocenters. The maximum Gasteiger partial charge on any atom is 0.241 e. The first-order chi connectivity index (χ1) is 9.13. The van der Waals surface area contributed by atoms with Crippen molar-refractivity contribution in [2.24, 2.45) is 5.92 Å². The van der Waals surface area contributed by atoms with Crippen molar-refractivity contribution in [3.8, 4) is 0 Å². The van der Waals surface area contributed by atoms with Crippen molar-refractivity contribution >= 4 is 10.0 Å². The maximum absolute atomic E-state index is 13.3. The van der Waals surface area contributed by atoms with Gasteiger partial charge in [0.15, 0.2) is 0 Å². The van der Waals surface area contributed by atoms with Gasteiger partial charge in [-0.1, -0.05) is 13.8 Å². The average Bonchev–Trinajstić information content (AvgIpc) is 2.23. The van der Waals surface area contributed by atoms with Gasteiger partial charge in [0, 0.05) is 6.04 Å². The van der Waals surface area contributed by atoms with Crippen molar-refractivity contribution < 1.29 is 12.8 Å². The summed E-state index contributed by atoms with van der Waals surface area (Å²) in [5.74, 6) is 0.128. The molecule has 114 valence electrons. The summed E-state index contributed by atoms with van der Waals surface area (Å²) in [6.45, 7) is 9.30. The molecule has 1 aromatic carbocycles. The Morgan fingerprint density at radius 3 is 2.05 bits per heavy atom. The fourth-order valence-electron chi connectivity index (χ4n) is 2.29. The van der Waals surface area contributed by atoms with Crippen LogP contribution in [0.5, 0.6) is 0 Å². The highest BCUT2D eigenvalue weighted by molar-refractivity contribution is 7.89. The van der Waals surface area contributed by atoms with Crippen molar-refractivity contribution in [2.75, 3.05) is 0 Å². The molecule has 1 atom stereocenters. The molecule has 0 amide bonds. The third-order valence-corrected chi connectivity index (χ3v) is 5.12. The van der Waals surface area contributed by atoms with Crippen LogP contribution < -0.4 is 4.72 Å². The summed E-state index contributed by atoms with van der Waals surface area (Å²) >= 11 is 0. The predicted octanol–water partition coefficient (Wildman–Crippen LogP) is 3.55. The number of nitrogens with one attached hydrogen (secondary N) is 1. The molecule has 5 heteroatoms. The first kappa shape index (κ1) is 17.1. The third kappa shape index (κ3) is 4.56. The van der Waals surface area contributed by atoms with Crippen LogP contribution in [0, 0.1) is 25.6 Å². The number of rotatable bonds is 6. The smallest absolute Gasteiger partial charge is 0.208 e. The second-order valence-corrected chi connectivity index (χ2v) is 7.51. The molecule has 1 aromatic rings. The third-order valence-electron chi connectivity index (χ3n) is 3.23. The molecule has 0 aromatic heterocycles. The predicted molar refractivity (Wildman–Crippen MR) is 79.7 cm³/mol. The molecular weight excluding hydrogens is 277 g/mol. The lowest BCUT2D eigenvalue weighted by molar-refractivity contribution is 0.485. The Bertz CT molecular complexity index is 544. The summed E-state index contributed by atoms with van der Waals surface area (Å²) in [6, 6.07) is 2.37. The average molecular weight is 301 g/mol. The van der Waals surface area contributed by atoms with Gasteiger partial charge in [0.25, 0.3) is 0 Å². The van der Waals surface area contributed by atoms with Crippen LogP contribution in [0.15, 0.2) is 17.0 Å². The highest BCUT2D eigenvalue weighted by atomic mass is 32.2. The zero-order chi connectivity index (χ0) is 15.5. The van der Waals surface area contributed by atoms with Crippen molar-refractivity contribution in [3.63, 3.8) is 0 Å². The Hall–Kier alpha value is -0.940. The lowest BCUT2D eigenvalue weighted by atomic mass is 10.1. The van der Waals surface area contributed by atoms with Crippen LogP contribution in [0.3, 0.4) is 0 Å². The van der Waals surface area contributed by atoms with Gasteiger partial charge in [0.2, 0.25) is 10.0 Å². The van der Waals surface area contributed by atoms with Gasteiger partial charge in [-0.3, -0.25) is 0 Å². The Balaban J connectivity index is 2.95. The molecule has 0 aliphatic heterocycles. The normalized spacial score (nSPS) is 13.8. The van der Waals surface area contributed by atoms with E-state index in [9.17, 15) is 12.8 Å². The summed E-state index contributed by atoms with van der Waals surface area (Å²) in [6.07, 6.45) is 1.75. The zero-order valence-electron chi connectivity index (χ0n) is 12.8. The van der Waals surface area contributed by atoms with E-state index < -0.39 is 15.8 Å². The van der Waals surface area contributed by atoms with Crippen LogP contribution in [0.4, 0.5) is 4.39 Å². The Morgan fingerprint density at radius 1 is 1.10 bits per heavy atom. The van der Waals surface area contributed by atoms with E-state index in [-0.39, 0.29) is 10.9 Å². The van der Waals surface area contributed by atoms with Gasteiger partial charge < -0.3 is 0 Å². The molecule has 0 saturated heterocycles. The van der Waals surface area contributed by atoms with Gasteiger partial charge in [-0.05, 0) is 62.8 Å². The van der Waals surface area contributed by atoms with Gasteiger partial charge in [0.1, 0.15) is 5.82 Å². The largest absolute Gasteiger partial charge is 0.241 e. The molecular formula is C15H24FNO2S. The Morgan fingerprint density at radius 2 is 1.60 bits per heavy atom. The van der Waals surface area contributed by atoms with E-state index in [4.69, 9.17) is 0 Å². The Kier molecular flexibility index (Phi) is 5.71. The molecule has 0 aliphatic carbocycles. The molecule has 3 nitrogen and oxygen atoms in total. The quantitative estimate of drug-likeness (QED) is 0.873. The fourth-order valence-corrected chi connectivity index (χ4v) is 4.02. The Labute approximate surface area is 121 Å². The minimum Gasteiger partial charge on any atom is -0.208 e. The van der Waals surface area contributed by atoms with Crippen LogP contribution in [0.25, 0.3) is 0 Å². The second-order valence-electron chi connectivity index (χ2n) is 5.86. The number of halogens is 1. The number of hydrogen-bond acceptors (Lipinski definition) is 2. The molecule has 0 spiro atoms. The highest BCUT2D eigenvalue weighted by Crippen LogP contribution is 2.22. The van der Waals surface area contributed by atoms with Crippen molar-refractivity contribution in [1.29, 1.82) is 0 Å². The fraction of sp³-hybridized carbons (Fsp3) is 0.600.